The zero-order valence-electron chi connectivity index (χ0n) is 11.7. The van der Waals surface area contributed by atoms with Gasteiger partial charge in [-0.25, -0.2) is 0 Å². The highest BCUT2D eigenvalue weighted by Gasteiger charge is 2.17. The molecule has 1 saturated heterocycles. The smallest absolute Gasteiger partial charge is 0.119 e. The number of hydrogen-bond donors (Lipinski definition) is 1. The first kappa shape index (κ1) is 14.3. The van der Waals surface area contributed by atoms with Crippen LogP contribution >= 0.6 is 0 Å². The first-order valence-corrected chi connectivity index (χ1v) is 7.06. The second-order valence-electron chi connectivity index (χ2n) is 4.85. The summed E-state index contributed by atoms with van der Waals surface area (Å²) in [6.07, 6.45) is 0. The van der Waals surface area contributed by atoms with Gasteiger partial charge in [0.05, 0.1) is 19.8 Å². The Hall–Kier alpha value is -1.10. The maximum atomic E-state index is 5.93. The van der Waals surface area contributed by atoms with Gasteiger partial charge in [-0.2, -0.15) is 0 Å². The fourth-order valence-electron chi connectivity index (χ4n) is 2.41. The van der Waals surface area contributed by atoms with E-state index in [4.69, 9.17) is 15.2 Å². The zero-order valence-corrected chi connectivity index (χ0v) is 11.7. The Balaban J connectivity index is 1.95. The topological polar surface area (TPSA) is 47.7 Å². The number of nitrogens with two attached hydrogens (primary N) is 1. The van der Waals surface area contributed by atoms with Gasteiger partial charge in [-0.15, -0.1) is 0 Å². The van der Waals surface area contributed by atoms with E-state index >= 15 is 0 Å². The number of nitrogens with zero attached hydrogens (tertiary/aromatic N) is 1. The van der Waals surface area contributed by atoms with E-state index in [1.807, 2.05) is 19.1 Å². The van der Waals surface area contributed by atoms with Crippen molar-refractivity contribution in [2.45, 2.75) is 12.8 Å². The lowest BCUT2D eigenvalue weighted by Gasteiger charge is -2.30. The summed E-state index contributed by atoms with van der Waals surface area (Å²) in [5.41, 5.74) is 7.22. The standard InChI is InChI=1S/C15H24N2O2/c1-2-19-15-5-3-13(4-6-15)14(11-16)12-17-7-9-18-10-8-17/h3-6,14H,2,7-12,16H2,1H3. The number of hydrogen-bond acceptors (Lipinski definition) is 4. The van der Waals surface area contributed by atoms with Gasteiger partial charge in [-0.3, -0.25) is 4.90 Å². The molecule has 1 atom stereocenters. The Kier molecular flexibility index (Phi) is 5.63. The molecule has 1 aliphatic heterocycles. The van der Waals surface area contributed by atoms with Crippen LogP contribution < -0.4 is 10.5 Å². The van der Waals surface area contributed by atoms with Crippen LogP contribution in [0.15, 0.2) is 24.3 Å². The molecule has 0 bridgehead atoms. The van der Waals surface area contributed by atoms with Crippen LogP contribution in [0.25, 0.3) is 0 Å². The summed E-state index contributed by atoms with van der Waals surface area (Å²) >= 11 is 0. The van der Waals surface area contributed by atoms with Crippen molar-refractivity contribution < 1.29 is 9.47 Å². The summed E-state index contributed by atoms with van der Waals surface area (Å²) in [6.45, 7) is 8.06. The Morgan fingerprint density at radius 2 is 1.95 bits per heavy atom. The molecule has 0 radical (unpaired) electrons. The zero-order chi connectivity index (χ0) is 13.5. The van der Waals surface area contributed by atoms with E-state index in [9.17, 15) is 0 Å². The molecule has 19 heavy (non-hydrogen) atoms. The second kappa shape index (κ2) is 7.48. The molecular weight excluding hydrogens is 240 g/mol. The summed E-state index contributed by atoms with van der Waals surface area (Å²) in [6, 6.07) is 8.31. The minimum atomic E-state index is 0.383. The average Bonchev–Trinajstić information content (AvgIpc) is 2.47. The molecule has 0 aliphatic carbocycles. The summed E-state index contributed by atoms with van der Waals surface area (Å²) < 4.78 is 10.8. The van der Waals surface area contributed by atoms with E-state index in [-0.39, 0.29) is 0 Å². The van der Waals surface area contributed by atoms with E-state index in [2.05, 4.69) is 17.0 Å². The molecule has 2 N–H and O–H groups in total. The van der Waals surface area contributed by atoms with Gasteiger partial charge < -0.3 is 15.2 Å². The maximum Gasteiger partial charge on any atom is 0.119 e. The van der Waals surface area contributed by atoms with Gasteiger partial charge in [0.1, 0.15) is 5.75 Å². The van der Waals surface area contributed by atoms with Gasteiger partial charge in [0.25, 0.3) is 0 Å². The van der Waals surface area contributed by atoms with Crippen LogP contribution in [0.5, 0.6) is 5.75 Å². The molecule has 1 aliphatic rings. The number of benzene rings is 1. The van der Waals surface area contributed by atoms with Gasteiger partial charge in [0, 0.05) is 32.1 Å². The van der Waals surface area contributed by atoms with Crippen molar-refractivity contribution in [3.8, 4) is 5.75 Å². The number of morpholine rings is 1. The summed E-state index contributed by atoms with van der Waals surface area (Å²) in [7, 11) is 0. The normalized spacial score (nSPS) is 18.2. The van der Waals surface area contributed by atoms with Crippen molar-refractivity contribution in [1.29, 1.82) is 0 Å². The molecule has 0 spiro atoms. The van der Waals surface area contributed by atoms with Gasteiger partial charge in [-0.05, 0) is 24.6 Å². The third kappa shape index (κ3) is 4.20. The van der Waals surface area contributed by atoms with Crippen LogP contribution in [0.1, 0.15) is 18.4 Å². The van der Waals surface area contributed by atoms with Gasteiger partial charge in [0.15, 0.2) is 0 Å². The van der Waals surface area contributed by atoms with E-state index < -0.39 is 0 Å². The third-order valence-corrected chi connectivity index (χ3v) is 3.53. The molecule has 1 heterocycles. The van der Waals surface area contributed by atoms with Crippen LogP contribution in [0, 0.1) is 0 Å². The van der Waals surface area contributed by atoms with Crippen molar-refractivity contribution in [1.82, 2.24) is 4.90 Å². The van der Waals surface area contributed by atoms with Crippen LogP contribution in [0.3, 0.4) is 0 Å². The van der Waals surface area contributed by atoms with E-state index in [0.717, 1.165) is 38.6 Å². The van der Waals surface area contributed by atoms with E-state index in [0.29, 0.717) is 19.1 Å². The summed E-state index contributed by atoms with van der Waals surface area (Å²) in [5, 5.41) is 0. The second-order valence-corrected chi connectivity index (χ2v) is 4.85. The average molecular weight is 264 g/mol. The van der Waals surface area contributed by atoms with Crippen LogP contribution in [-0.2, 0) is 4.74 Å². The third-order valence-electron chi connectivity index (χ3n) is 3.53. The largest absolute Gasteiger partial charge is 0.494 e. The Morgan fingerprint density at radius 3 is 2.53 bits per heavy atom. The molecule has 0 saturated carbocycles. The van der Waals surface area contributed by atoms with Crippen molar-refractivity contribution in [3.05, 3.63) is 29.8 Å². The van der Waals surface area contributed by atoms with Gasteiger partial charge in [0.2, 0.25) is 0 Å². The quantitative estimate of drug-likeness (QED) is 0.845. The Bertz CT molecular complexity index is 361. The molecule has 0 amide bonds. The van der Waals surface area contributed by atoms with Crippen molar-refractivity contribution in [3.63, 3.8) is 0 Å². The summed E-state index contributed by atoms with van der Waals surface area (Å²) in [5.74, 6) is 1.31. The molecule has 0 aromatic heterocycles. The molecule has 1 fully saturated rings. The molecule has 1 aromatic rings. The molecular formula is C15H24N2O2. The van der Waals surface area contributed by atoms with Crippen molar-refractivity contribution in [2.24, 2.45) is 5.73 Å². The van der Waals surface area contributed by atoms with E-state index in [1.165, 1.54) is 5.56 Å². The van der Waals surface area contributed by atoms with Gasteiger partial charge >= 0.3 is 0 Å². The Labute approximate surface area is 115 Å². The lowest BCUT2D eigenvalue weighted by molar-refractivity contribution is 0.0353. The first-order chi connectivity index (χ1) is 9.33. The van der Waals surface area contributed by atoms with Crippen molar-refractivity contribution in [2.75, 3.05) is 46.0 Å². The molecule has 4 nitrogen and oxygen atoms in total. The minimum absolute atomic E-state index is 0.383. The lowest BCUT2D eigenvalue weighted by atomic mass is 9.98. The molecule has 1 aromatic carbocycles. The highest BCUT2D eigenvalue weighted by Crippen LogP contribution is 2.20. The Morgan fingerprint density at radius 1 is 1.26 bits per heavy atom. The highest BCUT2D eigenvalue weighted by atomic mass is 16.5. The number of rotatable bonds is 6. The van der Waals surface area contributed by atoms with Crippen molar-refractivity contribution >= 4 is 0 Å². The lowest BCUT2D eigenvalue weighted by Crippen LogP contribution is -2.40. The van der Waals surface area contributed by atoms with E-state index in [1.54, 1.807) is 0 Å². The van der Waals surface area contributed by atoms with Crippen LogP contribution in [0.4, 0.5) is 0 Å². The molecule has 4 heteroatoms. The van der Waals surface area contributed by atoms with Crippen LogP contribution in [-0.4, -0.2) is 50.9 Å². The number of ether oxygens (including phenoxy) is 2. The molecule has 106 valence electrons. The monoisotopic (exact) mass is 264 g/mol. The first-order valence-electron chi connectivity index (χ1n) is 7.06. The predicted octanol–water partition coefficient (Wildman–Crippen LogP) is 1.46. The maximum absolute atomic E-state index is 5.93. The fourth-order valence-corrected chi connectivity index (χ4v) is 2.41. The SMILES string of the molecule is CCOc1ccc(C(CN)CN2CCOCC2)cc1. The van der Waals surface area contributed by atoms with Crippen LogP contribution in [0.2, 0.25) is 0 Å². The predicted molar refractivity (Wildman–Crippen MR) is 76.7 cm³/mol. The minimum Gasteiger partial charge on any atom is -0.494 e. The molecule has 1 unspecified atom stereocenters. The fraction of sp³-hybridized carbons (Fsp3) is 0.600. The van der Waals surface area contributed by atoms with Gasteiger partial charge in [-0.1, -0.05) is 12.1 Å². The molecule has 2 rings (SSSR count). The highest BCUT2D eigenvalue weighted by molar-refractivity contribution is 5.29. The summed E-state index contributed by atoms with van der Waals surface area (Å²) in [4.78, 5) is 2.43.